The molecule has 1 amide bonds. The van der Waals surface area contributed by atoms with Crippen LogP contribution in [0.15, 0.2) is 72.8 Å². The minimum Gasteiger partial charge on any atom is -0.457 e. The van der Waals surface area contributed by atoms with Crippen molar-refractivity contribution in [2.75, 3.05) is 5.32 Å². The number of rotatable bonds is 8. The molecule has 0 aliphatic heterocycles. The number of amides is 1. The second-order valence-electron chi connectivity index (χ2n) is 8.00. The lowest BCUT2D eigenvalue weighted by Gasteiger charge is -2.23. The van der Waals surface area contributed by atoms with Crippen LogP contribution in [-0.2, 0) is 16.6 Å². The van der Waals surface area contributed by atoms with E-state index in [1.54, 1.807) is 42.5 Å². The Kier molecular flexibility index (Phi) is 6.70. The van der Waals surface area contributed by atoms with Crippen molar-refractivity contribution in [1.29, 1.82) is 0 Å². The van der Waals surface area contributed by atoms with Crippen LogP contribution in [0.5, 0.6) is 11.5 Å². The van der Waals surface area contributed by atoms with E-state index in [0.29, 0.717) is 17.0 Å². The Morgan fingerprint density at radius 1 is 0.968 bits per heavy atom. The zero-order valence-electron chi connectivity index (χ0n) is 17.9. The van der Waals surface area contributed by atoms with E-state index in [1.165, 1.54) is 11.6 Å². The highest BCUT2D eigenvalue weighted by atomic mass is 16.6. The van der Waals surface area contributed by atoms with Crippen molar-refractivity contribution in [2.45, 2.75) is 39.0 Å². The van der Waals surface area contributed by atoms with Gasteiger partial charge in [-0.05, 0) is 53.8 Å². The highest BCUT2D eigenvalue weighted by Gasteiger charge is 2.18. The minimum absolute atomic E-state index is 0.0604. The lowest BCUT2D eigenvalue weighted by atomic mass is 9.82. The highest BCUT2D eigenvalue weighted by Crippen LogP contribution is 2.30. The van der Waals surface area contributed by atoms with E-state index in [0.717, 1.165) is 12.2 Å². The monoisotopic (exact) mass is 418 g/mol. The van der Waals surface area contributed by atoms with Crippen molar-refractivity contribution in [1.82, 2.24) is 0 Å². The fourth-order valence-electron chi connectivity index (χ4n) is 3.14. The summed E-state index contributed by atoms with van der Waals surface area (Å²) in [6, 6.07) is 21.3. The molecule has 6 heteroatoms. The van der Waals surface area contributed by atoms with Crippen LogP contribution in [0, 0.1) is 10.1 Å². The van der Waals surface area contributed by atoms with Gasteiger partial charge in [0.1, 0.15) is 11.5 Å². The maximum atomic E-state index is 12.3. The van der Waals surface area contributed by atoms with Gasteiger partial charge in [-0.2, -0.15) is 0 Å². The Labute approximate surface area is 182 Å². The number of anilines is 1. The molecule has 0 heterocycles. The molecule has 0 fully saturated rings. The average molecular weight is 418 g/mol. The van der Waals surface area contributed by atoms with Gasteiger partial charge in [-0.15, -0.1) is 0 Å². The molecular formula is C25H26N2O4. The number of carbonyl (C=O) groups is 1. The SMILES string of the molecule is CCC(C)(C)c1ccc(Oc2ccc(NC(=O)Cc3ccccc3[N+](=O)[O-])cc2)cc1. The largest absolute Gasteiger partial charge is 0.457 e. The molecule has 0 aliphatic rings. The molecule has 0 unspecified atom stereocenters. The normalized spacial score (nSPS) is 11.1. The van der Waals surface area contributed by atoms with Crippen LogP contribution >= 0.6 is 0 Å². The van der Waals surface area contributed by atoms with Crippen molar-refractivity contribution in [3.05, 3.63) is 94.0 Å². The topological polar surface area (TPSA) is 81.5 Å². The van der Waals surface area contributed by atoms with Crippen molar-refractivity contribution >= 4 is 17.3 Å². The van der Waals surface area contributed by atoms with E-state index in [4.69, 9.17) is 4.74 Å². The third kappa shape index (κ3) is 5.69. The maximum absolute atomic E-state index is 12.3. The Morgan fingerprint density at radius 2 is 1.55 bits per heavy atom. The van der Waals surface area contributed by atoms with Crippen molar-refractivity contribution in [2.24, 2.45) is 0 Å². The third-order valence-corrected chi connectivity index (χ3v) is 5.43. The van der Waals surface area contributed by atoms with E-state index in [2.05, 4.69) is 38.2 Å². The fraction of sp³-hybridized carbons (Fsp3) is 0.240. The van der Waals surface area contributed by atoms with E-state index in [-0.39, 0.29) is 23.4 Å². The number of carbonyl (C=O) groups excluding carboxylic acids is 1. The molecule has 3 rings (SSSR count). The molecule has 0 radical (unpaired) electrons. The molecule has 0 aromatic heterocycles. The van der Waals surface area contributed by atoms with Gasteiger partial charge in [0.15, 0.2) is 0 Å². The standard InChI is InChI=1S/C25H26N2O4/c1-4-25(2,3)19-9-13-21(14-10-19)31-22-15-11-20(12-16-22)26-24(28)17-18-7-5-6-8-23(18)27(29)30/h5-16H,4,17H2,1-3H3,(H,26,28). The first kappa shape index (κ1) is 22.0. The van der Waals surface area contributed by atoms with E-state index >= 15 is 0 Å². The number of nitro benzene ring substituents is 1. The first-order valence-electron chi connectivity index (χ1n) is 10.2. The Bertz CT molecular complexity index is 1060. The molecular weight excluding hydrogens is 392 g/mol. The number of nitro groups is 1. The molecule has 0 spiro atoms. The van der Waals surface area contributed by atoms with Gasteiger partial charge in [-0.3, -0.25) is 14.9 Å². The number of hydrogen-bond acceptors (Lipinski definition) is 4. The number of ether oxygens (including phenoxy) is 1. The van der Waals surface area contributed by atoms with Crippen LogP contribution in [0.3, 0.4) is 0 Å². The Balaban J connectivity index is 1.60. The van der Waals surface area contributed by atoms with Crippen molar-refractivity contribution in [3.8, 4) is 11.5 Å². The van der Waals surface area contributed by atoms with Gasteiger partial charge in [0, 0.05) is 17.3 Å². The summed E-state index contributed by atoms with van der Waals surface area (Å²) in [5.74, 6) is 1.07. The van der Waals surface area contributed by atoms with Crippen LogP contribution in [0.1, 0.15) is 38.3 Å². The van der Waals surface area contributed by atoms with Gasteiger partial charge in [0.2, 0.25) is 5.91 Å². The number of nitrogens with one attached hydrogen (secondary N) is 1. The zero-order valence-corrected chi connectivity index (χ0v) is 17.9. The summed E-state index contributed by atoms with van der Waals surface area (Å²) in [7, 11) is 0. The van der Waals surface area contributed by atoms with Crippen LogP contribution in [0.25, 0.3) is 0 Å². The van der Waals surface area contributed by atoms with Crippen LogP contribution in [0.4, 0.5) is 11.4 Å². The van der Waals surface area contributed by atoms with Gasteiger partial charge < -0.3 is 10.1 Å². The predicted octanol–water partition coefficient (Wildman–Crippen LogP) is 6.26. The molecule has 31 heavy (non-hydrogen) atoms. The van der Waals surface area contributed by atoms with E-state index in [1.807, 2.05) is 12.1 Å². The first-order chi connectivity index (χ1) is 14.8. The van der Waals surface area contributed by atoms with Crippen LogP contribution in [0.2, 0.25) is 0 Å². The summed E-state index contributed by atoms with van der Waals surface area (Å²) in [5.41, 5.74) is 2.29. The first-order valence-corrected chi connectivity index (χ1v) is 10.2. The molecule has 0 atom stereocenters. The molecule has 1 N–H and O–H groups in total. The summed E-state index contributed by atoms with van der Waals surface area (Å²) in [6.07, 6.45) is 0.980. The molecule has 6 nitrogen and oxygen atoms in total. The third-order valence-electron chi connectivity index (χ3n) is 5.43. The maximum Gasteiger partial charge on any atom is 0.273 e. The summed E-state index contributed by atoms with van der Waals surface area (Å²) in [6.45, 7) is 6.60. The number of para-hydroxylation sites is 1. The van der Waals surface area contributed by atoms with E-state index < -0.39 is 4.92 Å². The number of nitrogens with zero attached hydrogens (tertiary/aromatic N) is 1. The summed E-state index contributed by atoms with van der Waals surface area (Å²) < 4.78 is 5.89. The minimum atomic E-state index is -0.482. The summed E-state index contributed by atoms with van der Waals surface area (Å²) in [4.78, 5) is 22.9. The molecule has 0 saturated carbocycles. The lowest BCUT2D eigenvalue weighted by Crippen LogP contribution is -2.15. The number of benzene rings is 3. The lowest BCUT2D eigenvalue weighted by molar-refractivity contribution is -0.385. The van der Waals surface area contributed by atoms with Gasteiger partial charge in [-0.1, -0.05) is 51.1 Å². The van der Waals surface area contributed by atoms with Crippen LogP contribution in [-0.4, -0.2) is 10.8 Å². The number of hydrogen-bond donors (Lipinski definition) is 1. The molecule has 0 saturated heterocycles. The summed E-state index contributed by atoms with van der Waals surface area (Å²) in [5, 5.41) is 13.9. The van der Waals surface area contributed by atoms with Gasteiger partial charge >= 0.3 is 0 Å². The van der Waals surface area contributed by atoms with Crippen molar-refractivity contribution < 1.29 is 14.5 Å². The van der Waals surface area contributed by atoms with Gasteiger partial charge in [0.05, 0.1) is 11.3 Å². The predicted molar refractivity (Wildman–Crippen MR) is 122 cm³/mol. The summed E-state index contributed by atoms with van der Waals surface area (Å²) >= 11 is 0. The smallest absolute Gasteiger partial charge is 0.273 e. The second kappa shape index (κ2) is 9.43. The molecule has 3 aromatic rings. The Morgan fingerprint density at radius 3 is 2.13 bits per heavy atom. The second-order valence-corrected chi connectivity index (χ2v) is 8.00. The Hall–Kier alpha value is -3.67. The average Bonchev–Trinajstić information content (AvgIpc) is 2.75. The quantitative estimate of drug-likeness (QED) is 0.346. The van der Waals surface area contributed by atoms with E-state index in [9.17, 15) is 14.9 Å². The fourth-order valence-corrected chi connectivity index (χ4v) is 3.14. The van der Waals surface area contributed by atoms with Crippen LogP contribution < -0.4 is 10.1 Å². The molecule has 0 aliphatic carbocycles. The molecule has 0 bridgehead atoms. The van der Waals surface area contributed by atoms with Crippen molar-refractivity contribution in [3.63, 3.8) is 0 Å². The molecule has 3 aromatic carbocycles. The highest BCUT2D eigenvalue weighted by molar-refractivity contribution is 5.92. The molecule has 160 valence electrons. The van der Waals surface area contributed by atoms with Gasteiger partial charge in [0.25, 0.3) is 5.69 Å². The van der Waals surface area contributed by atoms with Gasteiger partial charge in [-0.25, -0.2) is 0 Å². The zero-order chi connectivity index (χ0) is 22.4.